The number of rotatable bonds is 0. The number of Topliss-reactive ketones (excluding diaryl/α,β-unsaturated/α-hetero) is 1. The minimum absolute atomic E-state index is 0.261. The van der Waals surface area contributed by atoms with Crippen LogP contribution < -0.4 is 0 Å². The van der Waals surface area contributed by atoms with Crippen LogP contribution in [0.5, 0.6) is 0 Å². The number of aryl methyl sites for hydroxylation is 1. The monoisotopic (exact) mass is 244 g/mol. The molecule has 1 fully saturated rings. The SMILES string of the molecule is CN1CC[C@H]2Cc3[nH]c4c(c3C(=O)[C@@H]2C1)CCC4. The zero-order chi connectivity index (χ0) is 12.3. The summed E-state index contributed by atoms with van der Waals surface area (Å²) in [6.07, 6.45) is 5.75. The van der Waals surface area contributed by atoms with Crippen molar-refractivity contribution in [2.75, 3.05) is 20.1 Å². The van der Waals surface area contributed by atoms with Crippen LogP contribution in [0.2, 0.25) is 0 Å². The Kier molecular flexibility index (Phi) is 2.22. The molecule has 3 nitrogen and oxygen atoms in total. The molecule has 0 bridgehead atoms. The first kappa shape index (κ1) is 10.8. The Bertz CT molecular complexity index is 517. The molecule has 2 aliphatic carbocycles. The molecule has 4 rings (SSSR count). The summed E-state index contributed by atoms with van der Waals surface area (Å²) in [6.45, 7) is 2.10. The van der Waals surface area contributed by atoms with Crippen molar-refractivity contribution in [2.45, 2.75) is 32.1 Å². The summed E-state index contributed by atoms with van der Waals surface area (Å²) in [6, 6.07) is 0. The van der Waals surface area contributed by atoms with E-state index in [-0.39, 0.29) is 5.92 Å². The fourth-order valence-corrected chi connectivity index (χ4v) is 4.19. The van der Waals surface area contributed by atoms with Gasteiger partial charge in [0.05, 0.1) is 0 Å². The molecular weight excluding hydrogens is 224 g/mol. The zero-order valence-electron chi connectivity index (χ0n) is 11.0. The fourth-order valence-electron chi connectivity index (χ4n) is 4.19. The molecule has 1 aliphatic heterocycles. The van der Waals surface area contributed by atoms with Crippen LogP contribution >= 0.6 is 0 Å². The Morgan fingerprint density at radius 3 is 3.06 bits per heavy atom. The van der Waals surface area contributed by atoms with Crippen molar-refractivity contribution in [2.24, 2.45) is 11.8 Å². The molecule has 3 aliphatic rings. The molecule has 0 aromatic carbocycles. The molecule has 2 atom stereocenters. The van der Waals surface area contributed by atoms with Crippen molar-refractivity contribution in [1.29, 1.82) is 0 Å². The van der Waals surface area contributed by atoms with Gasteiger partial charge in [-0.3, -0.25) is 4.79 Å². The highest BCUT2D eigenvalue weighted by atomic mass is 16.1. The van der Waals surface area contributed by atoms with Crippen molar-refractivity contribution in [1.82, 2.24) is 9.88 Å². The number of likely N-dealkylation sites (tertiary alicyclic amines) is 1. The van der Waals surface area contributed by atoms with Gasteiger partial charge in [0.2, 0.25) is 0 Å². The van der Waals surface area contributed by atoms with Gasteiger partial charge in [-0.25, -0.2) is 0 Å². The van der Waals surface area contributed by atoms with Crippen molar-refractivity contribution in [3.63, 3.8) is 0 Å². The molecule has 0 spiro atoms. The van der Waals surface area contributed by atoms with Gasteiger partial charge in [-0.05, 0) is 57.2 Å². The van der Waals surface area contributed by atoms with E-state index in [4.69, 9.17) is 0 Å². The van der Waals surface area contributed by atoms with E-state index < -0.39 is 0 Å². The van der Waals surface area contributed by atoms with Crippen molar-refractivity contribution in [3.8, 4) is 0 Å². The first-order chi connectivity index (χ1) is 8.74. The van der Waals surface area contributed by atoms with Crippen LogP contribution in [0, 0.1) is 11.8 Å². The Morgan fingerprint density at radius 1 is 1.28 bits per heavy atom. The Labute approximate surface area is 108 Å². The molecule has 0 unspecified atom stereocenters. The molecule has 2 heterocycles. The van der Waals surface area contributed by atoms with Crippen LogP contribution in [-0.2, 0) is 19.3 Å². The first-order valence-electron chi connectivity index (χ1n) is 7.19. The molecule has 1 saturated heterocycles. The van der Waals surface area contributed by atoms with Crippen molar-refractivity contribution >= 4 is 5.78 Å². The standard InChI is InChI=1S/C15H20N2O/c1-17-6-5-9-7-13-14(15(18)11(9)8-17)10-3-2-4-12(10)16-13/h9,11,16H,2-8H2,1H3/t9-,11+/m0/s1. The average Bonchev–Trinajstić information content (AvgIpc) is 2.90. The highest BCUT2D eigenvalue weighted by Crippen LogP contribution is 2.39. The summed E-state index contributed by atoms with van der Waals surface area (Å²) in [5, 5.41) is 0. The van der Waals surface area contributed by atoms with Crippen LogP contribution in [0.25, 0.3) is 0 Å². The Morgan fingerprint density at radius 2 is 2.17 bits per heavy atom. The number of nitrogens with one attached hydrogen (secondary N) is 1. The second-order valence-corrected chi connectivity index (χ2v) is 6.28. The van der Waals surface area contributed by atoms with Crippen molar-refractivity contribution < 1.29 is 4.79 Å². The maximum absolute atomic E-state index is 12.8. The molecular formula is C15H20N2O. The predicted molar refractivity (Wildman–Crippen MR) is 69.9 cm³/mol. The van der Waals surface area contributed by atoms with Crippen LogP contribution in [-0.4, -0.2) is 35.8 Å². The van der Waals surface area contributed by atoms with Gasteiger partial charge in [0.15, 0.2) is 5.78 Å². The lowest BCUT2D eigenvalue weighted by Gasteiger charge is -2.38. The van der Waals surface area contributed by atoms with Gasteiger partial charge in [0.25, 0.3) is 0 Å². The number of piperidine rings is 1. The number of H-pyrrole nitrogens is 1. The zero-order valence-corrected chi connectivity index (χ0v) is 11.0. The van der Waals surface area contributed by atoms with Gasteiger partial charge < -0.3 is 9.88 Å². The lowest BCUT2D eigenvalue weighted by atomic mass is 9.73. The van der Waals surface area contributed by atoms with Gasteiger partial charge in [-0.15, -0.1) is 0 Å². The highest BCUT2D eigenvalue weighted by Gasteiger charge is 2.41. The number of fused-ring (bicyclic) bond motifs is 4. The van der Waals surface area contributed by atoms with E-state index in [0.717, 1.165) is 37.9 Å². The fraction of sp³-hybridized carbons (Fsp3) is 0.667. The van der Waals surface area contributed by atoms with Gasteiger partial charge in [-0.2, -0.15) is 0 Å². The Balaban J connectivity index is 1.77. The molecule has 3 heteroatoms. The summed E-state index contributed by atoms with van der Waals surface area (Å²) in [5.41, 5.74) is 5.08. The third-order valence-electron chi connectivity index (χ3n) is 5.13. The smallest absolute Gasteiger partial charge is 0.169 e. The number of carbonyl (C=O) groups is 1. The summed E-state index contributed by atoms with van der Waals surface area (Å²) < 4.78 is 0. The lowest BCUT2D eigenvalue weighted by Crippen LogP contribution is -2.45. The summed E-state index contributed by atoms with van der Waals surface area (Å²) in [7, 11) is 2.14. The number of nitrogens with zero attached hydrogens (tertiary/aromatic N) is 1. The van der Waals surface area contributed by atoms with E-state index in [1.807, 2.05) is 0 Å². The van der Waals surface area contributed by atoms with Gasteiger partial charge >= 0.3 is 0 Å². The summed E-state index contributed by atoms with van der Waals surface area (Å²) in [5.74, 6) is 1.28. The van der Waals surface area contributed by atoms with E-state index in [1.165, 1.54) is 29.8 Å². The lowest BCUT2D eigenvalue weighted by molar-refractivity contribution is 0.0705. The van der Waals surface area contributed by atoms with Crippen LogP contribution in [0.15, 0.2) is 0 Å². The maximum Gasteiger partial charge on any atom is 0.169 e. The van der Waals surface area contributed by atoms with Gasteiger partial charge in [0.1, 0.15) is 0 Å². The topological polar surface area (TPSA) is 36.1 Å². The quantitative estimate of drug-likeness (QED) is 0.755. The van der Waals surface area contributed by atoms with Gasteiger partial charge in [0, 0.05) is 29.4 Å². The van der Waals surface area contributed by atoms with Gasteiger partial charge in [-0.1, -0.05) is 0 Å². The molecule has 0 amide bonds. The highest BCUT2D eigenvalue weighted by molar-refractivity contribution is 6.02. The molecule has 0 radical (unpaired) electrons. The van der Waals surface area contributed by atoms with Crippen LogP contribution in [0.1, 0.15) is 40.2 Å². The third-order valence-corrected chi connectivity index (χ3v) is 5.13. The first-order valence-corrected chi connectivity index (χ1v) is 7.19. The normalized spacial score (nSPS) is 31.1. The summed E-state index contributed by atoms with van der Waals surface area (Å²) in [4.78, 5) is 18.6. The second-order valence-electron chi connectivity index (χ2n) is 6.28. The van der Waals surface area contributed by atoms with E-state index in [0.29, 0.717) is 11.7 Å². The van der Waals surface area contributed by atoms with Crippen LogP contribution in [0.3, 0.4) is 0 Å². The van der Waals surface area contributed by atoms with E-state index in [9.17, 15) is 4.79 Å². The number of ketones is 1. The molecule has 0 saturated carbocycles. The number of hydrogen-bond donors (Lipinski definition) is 1. The number of carbonyl (C=O) groups excluding carboxylic acids is 1. The molecule has 1 aromatic heterocycles. The largest absolute Gasteiger partial charge is 0.361 e. The average molecular weight is 244 g/mol. The van der Waals surface area contributed by atoms with Crippen LogP contribution in [0.4, 0.5) is 0 Å². The van der Waals surface area contributed by atoms with E-state index in [1.54, 1.807) is 0 Å². The predicted octanol–water partition coefficient (Wildman–Crippen LogP) is 1.81. The minimum Gasteiger partial charge on any atom is -0.361 e. The molecule has 1 aromatic rings. The third kappa shape index (κ3) is 1.37. The molecule has 18 heavy (non-hydrogen) atoms. The molecule has 1 N–H and O–H groups in total. The summed E-state index contributed by atoms with van der Waals surface area (Å²) >= 11 is 0. The number of hydrogen-bond acceptors (Lipinski definition) is 2. The number of aromatic nitrogens is 1. The Hall–Kier alpha value is -1.09. The van der Waals surface area contributed by atoms with Crippen molar-refractivity contribution in [3.05, 3.63) is 22.5 Å². The minimum atomic E-state index is 0.261. The molecule has 96 valence electrons. The van der Waals surface area contributed by atoms with E-state index >= 15 is 0 Å². The van der Waals surface area contributed by atoms with E-state index in [2.05, 4.69) is 16.9 Å². The second kappa shape index (κ2) is 3.70. The maximum atomic E-state index is 12.8. The number of aromatic amines is 1.